The zero-order chi connectivity index (χ0) is 44.0. The van der Waals surface area contributed by atoms with Crippen molar-refractivity contribution in [3.63, 3.8) is 0 Å². The molecule has 5 heterocycles. The Kier molecular flexibility index (Phi) is 14.2. The van der Waals surface area contributed by atoms with Gasteiger partial charge in [0.15, 0.2) is 5.58 Å². The molecule has 0 aliphatic heterocycles. The summed E-state index contributed by atoms with van der Waals surface area (Å²) in [6.45, 7) is 30.0. The lowest BCUT2D eigenvalue weighted by Crippen LogP contribution is -2.17. The van der Waals surface area contributed by atoms with Crippen molar-refractivity contribution in [1.82, 2.24) is 34.5 Å². The average Bonchev–Trinajstić information content (AvgIpc) is 4.01. The number of benzene rings is 4. The van der Waals surface area contributed by atoms with Gasteiger partial charge < -0.3 is 14.0 Å². The predicted octanol–water partition coefficient (Wildman–Crippen LogP) is 14.2. The normalized spacial score (nSPS) is 11.9. The van der Waals surface area contributed by atoms with Crippen molar-refractivity contribution in [2.45, 2.75) is 119 Å². The van der Waals surface area contributed by atoms with E-state index in [9.17, 15) is 0 Å². The van der Waals surface area contributed by atoms with Crippen LogP contribution in [0.2, 0.25) is 0 Å². The second kappa shape index (κ2) is 18.6. The lowest BCUT2D eigenvalue weighted by atomic mass is 9.96. The molecule has 0 saturated carbocycles. The molecule has 0 bridgehead atoms. The third kappa shape index (κ3) is 12.2. The number of nitrogens with zero attached hydrogens (tertiary/aromatic N) is 6. The second-order valence-electron chi connectivity index (χ2n) is 19.1. The van der Waals surface area contributed by atoms with Crippen LogP contribution in [-0.4, -0.2) is 34.5 Å². The molecule has 1 N–H and O–H groups in total. The number of thiazole rings is 2. The van der Waals surface area contributed by atoms with Crippen molar-refractivity contribution in [2.75, 3.05) is 0 Å². The van der Waals surface area contributed by atoms with Crippen LogP contribution in [0.1, 0.15) is 116 Å². The van der Waals surface area contributed by atoms with Crippen LogP contribution < -0.4 is 0 Å². The van der Waals surface area contributed by atoms with Gasteiger partial charge in [-0.1, -0.05) is 132 Å². The van der Waals surface area contributed by atoms with Crippen LogP contribution in [0.4, 0.5) is 0 Å². The van der Waals surface area contributed by atoms with Crippen molar-refractivity contribution in [3.05, 3.63) is 136 Å². The Bertz CT molecular complexity index is 2570. The highest BCUT2D eigenvalue weighted by molar-refractivity contribution is 7.18. The van der Waals surface area contributed by atoms with E-state index in [-0.39, 0.29) is 21.7 Å². The highest BCUT2D eigenvalue weighted by atomic mass is 32.1. The first-order valence-corrected chi connectivity index (χ1v) is 22.2. The van der Waals surface area contributed by atoms with E-state index < -0.39 is 0 Å². The van der Waals surface area contributed by atoms with E-state index in [2.05, 4.69) is 166 Å². The van der Waals surface area contributed by atoms with E-state index >= 15 is 0 Å². The molecule has 0 saturated heterocycles. The fraction of sp³-hybridized carbons (Fsp3) is 0.380. The standard InChI is InChI=1S/C12H16N2.C11H13NO.C11H13NS.C8H8N2.C8H13NS/c1-12(2,3)11-13-9-7-5-6-8-10(9)14(11)4;2*1-11(2,3)10-12-8-6-4-5-7-9(8)13-10;1-6-9-7-4-2-3-5-8(7)10-6;1-6-5-10-7(9-6)8(2,3)4/h5-8H,1-4H3;2*4-7H,1-3H3;2-5H,1H3,(H,9,10);5H,1-4H3. The number of fused-ring (bicyclic) bond motifs is 4. The third-order valence-electron chi connectivity index (χ3n) is 9.10. The molecular weight excluding hydrogens is 779 g/mol. The second-order valence-corrected chi connectivity index (χ2v) is 21.0. The molecule has 0 amide bonds. The van der Waals surface area contributed by atoms with Gasteiger partial charge in [0.2, 0.25) is 5.89 Å². The lowest BCUT2D eigenvalue weighted by Gasteiger charge is -2.17. The van der Waals surface area contributed by atoms with E-state index in [0.717, 1.165) is 56.4 Å². The summed E-state index contributed by atoms with van der Waals surface area (Å²) in [5, 5.41) is 4.54. The number of aryl methyl sites for hydroxylation is 3. The summed E-state index contributed by atoms with van der Waals surface area (Å²) in [6, 6.07) is 32.4. The number of hydrogen-bond donors (Lipinski definition) is 1. The maximum atomic E-state index is 5.62. The number of nitrogens with one attached hydrogen (secondary N) is 1. The molecule has 316 valence electrons. The van der Waals surface area contributed by atoms with Crippen LogP contribution in [0, 0.1) is 13.8 Å². The number of aromatic amines is 1. The molecule has 4 aromatic carbocycles. The van der Waals surface area contributed by atoms with E-state index in [1.54, 1.807) is 22.7 Å². The van der Waals surface area contributed by atoms with E-state index in [4.69, 9.17) is 4.42 Å². The van der Waals surface area contributed by atoms with E-state index in [1.165, 1.54) is 20.2 Å². The third-order valence-corrected chi connectivity index (χ3v) is 11.9. The molecular formula is C50H63N7OS2. The topological polar surface area (TPSA) is 98.3 Å². The van der Waals surface area contributed by atoms with Gasteiger partial charge in [-0.15, -0.1) is 22.7 Å². The molecule has 9 rings (SSSR count). The highest BCUT2D eigenvalue weighted by Gasteiger charge is 2.22. The molecule has 10 heteroatoms. The fourth-order valence-corrected chi connectivity index (χ4v) is 7.89. The smallest absolute Gasteiger partial charge is 0.200 e. The van der Waals surface area contributed by atoms with Gasteiger partial charge in [-0.2, -0.15) is 0 Å². The maximum absolute atomic E-state index is 5.62. The van der Waals surface area contributed by atoms with Gasteiger partial charge in [0, 0.05) is 39.8 Å². The summed E-state index contributed by atoms with van der Waals surface area (Å²) in [4.78, 5) is 25.5. The van der Waals surface area contributed by atoms with Gasteiger partial charge in [0.1, 0.15) is 17.2 Å². The van der Waals surface area contributed by atoms with Crippen LogP contribution in [0.15, 0.2) is 107 Å². The Morgan fingerprint density at radius 1 is 0.533 bits per heavy atom. The minimum atomic E-state index is -0.0149. The van der Waals surface area contributed by atoms with Gasteiger partial charge in [0.05, 0.1) is 42.3 Å². The number of hydrogen-bond acceptors (Lipinski definition) is 8. The van der Waals surface area contributed by atoms with Crippen LogP contribution in [0.5, 0.6) is 0 Å². The van der Waals surface area contributed by atoms with E-state index in [1.807, 2.05) is 74.5 Å². The van der Waals surface area contributed by atoms with Gasteiger partial charge in [0.25, 0.3) is 0 Å². The van der Waals surface area contributed by atoms with E-state index in [0.29, 0.717) is 0 Å². The molecule has 0 radical (unpaired) electrons. The molecule has 5 aromatic heterocycles. The monoisotopic (exact) mass is 841 g/mol. The Hall–Kier alpha value is -5.19. The van der Waals surface area contributed by atoms with Crippen molar-refractivity contribution in [3.8, 4) is 0 Å². The minimum absolute atomic E-state index is 0.0149. The molecule has 0 aliphatic carbocycles. The summed E-state index contributed by atoms with van der Waals surface area (Å²) in [5.41, 5.74) is 8.99. The molecule has 60 heavy (non-hydrogen) atoms. The largest absolute Gasteiger partial charge is 0.440 e. The average molecular weight is 842 g/mol. The number of aromatic nitrogens is 7. The van der Waals surface area contributed by atoms with Gasteiger partial charge in [-0.3, -0.25) is 0 Å². The fourth-order valence-electron chi connectivity index (χ4n) is 5.98. The molecule has 0 fully saturated rings. The Morgan fingerprint density at radius 2 is 1.10 bits per heavy atom. The molecule has 0 spiro atoms. The number of H-pyrrole nitrogens is 1. The Labute approximate surface area is 364 Å². The summed E-state index contributed by atoms with van der Waals surface area (Å²) < 4.78 is 9.08. The van der Waals surface area contributed by atoms with Crippen LogP contribution in [-0.2, 0) is 28.7 Å². The van der Waals surface area contributed by atoms with Gasteiger partial charge in [-0.05, 0) is 62.4 Å². The first-order chi connectivity index (χ1) is 28.0. The zero-order valence-electron chi connectivity index (χ0n) is 38.2. The highest BCUT2D eigenvalue weighted by Crippen LogP contribution is 2.31. The summed E-state index contributed by atoms with van der Waals surface area (Å²) in [5.74, 6) is 2.91. The molecule has 9 aromatic rings. The van der Waals surface area contributed by atoms with Crippen molar-refractivity contribution >= 4 is 66.1 Å². The molecule has 0 aliphatic rings. The zero-order valence-corrected chi connectivity index (χ0v) is 39.9. The maximum Gasteiger partial charge on any atom is 0.200 e. The number of para-hydroxylation sites is 7. The number of rotatable bonds is 0. The van der Waals surface area contributed by atoms with Crippen LogP contribution in [0.25, 0.3) is 43.4 Å². The summed E-state index contributed by atoms with van der Waals surface area (Å²) in [7, 11) is 2.08. The van der Waals surface area contributed by atoms with Crippen molar-refractivity contribution in [2.24, 2.45) is 7.05 Å². The van der Waals surface area contributed by atoms with Gasteiger partial charge >= 0.3 is 0 Å². The Morgan fingerprint density at radius 3 is 1.62 bits per heavy atom. The number of oxazole rings is 1. The minimum Gasteiger partial charge on any atom is -0.440 e. The summed E-state index contributed by atoms with van der Waals surface area (Å²) in [6.07, 6.45) is 0. The molecule has 0 atom stereocenters. The summed E-state index contributed by atoms with van der Waals surface area (Å²) >= 11 is 3.54. The van der Waals surface area contributed by atoms with Crippen LogP contribution in [0.3, 0.4) is 0 Å². The first-order valence-electron chi connectivity index (χ1n) is 20.5. The van der Waals surface area contributed by atoms with Crippen molar-refractivity contribution in [1.29, 1.82) is 0 Å². The van der Waals surface area contributed by atoms with Crippen molar-refractivity contribution < 1.29 is 4.42 Å². The SMILES string of the molecule is CC(C)(C)c1nc2ccccc2o1.CC(C)(C)c1nc2ccccc2s1.Cc1csc(C(C)(C)C)n1.Cc1nc2ccccc2[nH]1.Cn1c(C(C)(C)C)nc2ccccc21. The van der Waals surface area contributed by atoms with Gasteiger partial charge in [-0.25, -0.2) is 24.9 Å². The van der Waals surface area contributed by atoms with Crippen LogP contribution >= 0.6 is 22.7 Å². The lowest BCUT2D eigenvalue weighted by molar-refractivity contribution is 0.411. The first kappa shape index (κ1) is 45.9. The predicted molar refractivity (Wildman–Crippen MR) is 257 cm³/mol. The quantitative estimate of drug-likeness (QED) is 0.163. The molecule has 8 nitrogen and oxygen atoms in total. The number of imidazole rings is 2. The Balaban J connectivity index is 0.000000143. The molecule has 0 unspecified atom stereocenters.